The molecule has 3 rings (SSSR count). The molecular formula is C17H24BNO5. The lowest BCUT2D eigenvalue weighted by molar-refractivity contribution is 0.0490. The van der Waals surface area contributed by atoms with Crippen LogP contribution in [-0.4, -0.2) is 43.7 Å². The fourth-order valence-electron chi connectivity index (χ4n) is 3.01. The second-order valence-electron chi connectivity index (χ2n) is 7.65. The van der Waals surface area contributed by atoms with Crippen molar-refractivity contribution in [1.82, 2.24) is 5.32 Å². The van der Waals surface area contributed by atoms with Crippen LogP contribution in [0.15, 0.2) is 35.0 Å². The summed E-state index contributed by atoms with van der Waals surface area (Å²) >= 11 is 0. The van der Waals surface area contributed by atoms with Crippen LogP contribution in [0.5, 0.6) is 0 Å². The Bertz CT molecular complexity index is 629. The Morgan fingerprint density at radius 1 is 1.46 bits per heavy atom. The smallest absolute Gasteiger partial charge is 0.495 e. The Labute approximate surface area is 143 Å². The van der Waals surface area contributed by atoms with Gasteiger partial charge < -0.3 is 24.1 Å². The summed E-state index contributed by atoms with van der Waals surface area (Å²) in [5.41, 5.74) is 2.21. The third-order valence-corrected chi connectivity index (χ3v) is 4.08. The Balaban J connectivity index is 1.72. The maximum Gasteiger partial charge on any atom is 0.495 e. The number of alkyl carbamates (subject to hydrolysis) is 1. The number of nitrogens with one attached hydrogen (secondary N) is 1. The summed E-state index contributed by atoms with van der Waals surface area (Å²) in [7, 11) is -0.438. The van der Waals surface area contributed by atoms with E-state index in [0.717, 1.165) is 16.6 Å². The zero-order valence-corrected chi connectivity index (χ0v) is 14.8. The molecule has 1 unspecified atom stereocenters. The van der Waals surface area contributed by atoms with E-state index in [-0.39, 0.29) is 6.10 Å². The van der Waals surface area contributed by atoms with Crippen LogP contribution in [-0.2, 0) is 18.8 Å². The van der Waals surface area contributed by atoms with E-state index in [4.69, 9.17) is 18.8 Å². The molecule has 0 spiro atoms. The highest BCUT2D eigenvalue weighted by Gasteiger charge is 2.48. The minimum absolute atomic E-state index is 0.292. The van der Waals surface area contributed by atoms with E-state index >= 15 is 0 Å². The highest BCUT2D eigenvalue weighted by molar-refractivity contribution is 6.57. The first-order valence-electron chi connectivity index (χ1n) is 8.20. The molecule has 3 heterocycles. The van der Waals surface area contributed by atoms with Crippen molar-refractivity contribution < 1.29 is 23.6 Å². The topological polar surface area (TPSA) is 66.0 Å². The summed E-state index contributed by atoms with van der Waals surface area (Å²) in [6.07, 6.45) is 4.85. The van der Waals surface area contributed by atoms with E-state index < -0.39 is 24.4 Å². The monoisotopic (exact) mass is 333 g/mol. The zero-order valence-electron chi connectivity index (χ0n) is 14.8. The third-order valence-electron chi connectivity index (χ3n) is 4.08. The van der Waals surface area contributed by atoms with Gasteiger partial charge in [0.1, 0.15) is 12.2 Å². The van der Waals surface area contributed by atoms with E-state index in [1.165, 1.54) is 0 Å². The predicted molar refractivity (Wildman–Crippen MR) is 90.2 cm³/mol. The Morgan fingerprint density at radius 2 is 2.21 bits per heavy atom. The number of hydrogen-bond donors (Lipinski definition) is 1. The maximum absolute atomic E-state index is 11.8. The molecule has 130 valence electrons. The lowest BCUT2D eigenvalue weighted by atomic mass is 9.70. The lowest BCUT2D eigenvalue weighted by Gasteiger charge is -2.27. The van der Waals surface area contributed by atoms with Gasteiger partial charge in [-0.05, 0) is 63.4 Å². The Hall–Kier alpha value is -1.73. The summed E-state index contributed by atoms with van der Waals surface area (Å²) in [5.74, 6) is 0. The highest BCUT2D eigenvalue weighted by Crippen LogP contribution is 2.41. The molecule has 0 aliphatic carbocycles. The molecule has 0 aromatic carbocycles. The summed E-state index contributed by atoms with van der Waals surface area (Å²) in [4.78, 5) is 11.8. The molecule has 0 bridgehead atoms. The number of allylic oxidation sites excluding steroid dienone is 3. The number of hydrogen-bond acceptors (Lipinski definition) is 5. The molecule has 0 aromatic heterocycles. The first kappa shape index (κ1) is 17.1. The quantitative estimate of drug-likeness (QED) is 0.787. The molecule has 1 atom stereocenters. The zero-order chi connectivity index (χ0) is 17.5. The van der Waals surface area contributed by atoms with Crippen LogP contribution < -0.4 is 5.32 Å². The maximum atomic E-state index is 11.8. The largest absolute Gasteiger partial charge is 0.497 e. The fraction of sp³-hybridized carbons (Fsp3) is 0.588. The van der Waals surface area contributed by atoms with Crippen LogP contribution in [0.2, 0.25) is 0 Å². The fourth-order valence-corrected chi connectivity index (χ4v) is 3.01. The molecule has 1 N–H and O–H groups in total. The molecule has 0 aromatic rings. The summed E-state index contributed by atoms with van der Waals surface area (Å²) in [6, 6.07) is 0. The number of carbonyl (C=O) groups excluding carboxylic acids is 1. The molecule has 24 heavy (non-hydrogen) atoms. The van der Waals surface area contributed by atoms with Crippen molar-refractivity contribution in [2.45, 2.75) is 51.9 Å². The average Bonchev–Trinajstić information content (AvgIpc) is 2.59. The second kappa shape index (κ2) is 5.97. The normalized spacial score (nSPS) is 24.8. The van der Waals surface area contributed by atoms with Gasteiger partial charge in [-0.1, -0.05) is 0 Å². The minimum atomic E-state index is -0.527. The van der Waals surface area contributed by atoms with Gasteiger partial charge in [0, 0.05) is 6.54 Å². The van der Waals surface area contributed by atoms with E-state index in [1.54, 1.807) is 6.26 Å². The molecule has 0 radical (unpaired) electrons. The molecule has 0 saturated carbocycles. The van der Waals surface area contributed by atoms with Crippen LogP contribution in [0, 0.1) is 0 Å². The first-order chi connectivity index (χ1) is 11.2. The second-order valence-corrected chi connectivity index (χ2v) is 7.65. The summed E-state index contributed by atoms with van der Waals surface area (Å²) in [6.45, 7) is 10.3. The van der Waals surface area contributed by atoms with Crippen molar-refractivity contribution in [3.63, 3.8) is 0 Å². The van der Waals surface area contributed by atoms with E-state index in [2.05, 4.69) is 5.32 Å². The van der Waals surface area contributed by atoms with Gasteiger partial charge in [0.2, 0.25) is 0 Å². The average molecular weight is 333 g/mol. The molecule has 0 fully saturated rings. The predicted octanol–water partition coefficient (Wildman–Crippen LogP) is 2.51. The van der Waals surface area contributed by atoms with Gasteiger partial charge >= 0.3 is 13.2 Å². The standard InChI is InChI=1S/C17H24BNO5/c1-16(2,3)22-15(20)19-9-12-8-11-6-7-21-10-13-14(11)18(23-12)24-17(13,4)5/h6-8,12H,9-10H2,1-5H3,(H,19,20). The molecule has 3 aliphatic heterocycles. The Morgan fingerprint density at radius 3 is 2.92 bits per heavy atom. The van der Waals surface area contributed by atoms with Gasteiger partial charge in [0.15, 0.2) is 0 Å². The van der Waals surface area contributed by atoms with Gasteiger partial charge in [-0.15, -0.1) is 0 Å². The highest BCUT2D eigenvalue weighted by atomic mass is 16.6. The van der Waals surface area contributed by atoms with Crippen LogP contribution in [0.1, 0.15) is 34.6 Å². The van der Waals surface area contributed by atoms with E-state index in [1.807, 2.05) is 46.8 Å². The van der Waals surface area contributed by atoms with Crippen molar-refractivity contribution in [2.24, 2.45) is 0 Å². The van der Waals surface area contributed by atoms with Crippen LogP contribution in [0.25, 0.3) is 0 Å². The number of amides is 1. The number of rotatable bonds is 2. The van der Waals surface area contributed by atoms with Gasteiger partial charge in [-0.2, -0.15) is 0 Å². The van der Waals surface area contributed by atoms with Crippen LogP contribution in [0.4, 0.5) is 4.79 Å². The van der Waals surface area contributed by atoms with Crippen molar-refractivity contribution in [2.75, 3.05) is 13.2 Å². The first-order valence-corrected chi connectivity index (χ1v) is 8.20. The molecule has 7 heteroatoms. The van der Waals surface area contributed by atoms with Gasteiger partial charge in [0.25, 0.3) is 0 Å². The Kier molecular flexibility index (Phi) is 4.26. The van der Waals surface area contributed by atoms with Crippen molar-refractivity contribution >= 4 is 13.2 Å². The summed E-state index contributed by atoms with van der Waals surface area (Å²) in [5, 5.41) is 2.74. The van der Waals surface area contributed by atoms with Gasteiger partial charge in [-0.25, -0.2) is 4.79 Å². The minimum Gasteiger partial charge on any atom is -0.497 e. The number of ether oxygens (including phenoxy) is 2. The van der Waals surface area contributed by atoms with Gasteiger partial charge in [0.05, 0.1) is 18.0 Å². The molecule has 6 nitrogen and oxygen atoms in total. The third kappa shape index (κ3) is 3.52. The van der Waals surface area contributed by atoms with Crippen LogP contribution in [0.3, 0.4) is 0 Å². The van der Waals surface area contributed by atoms with Crippen molar-refractivity contribution in [3.05, 3.63) is 35.0 Å². The lowest BCUT2D eigenvalue weighted by Crippen LogP contribution is -2.42. The van der Waals surface area contributed by atoms with E-state index in [9.17, 15) is 4.79 Å². The molecule has 0 saturated heterocycles. The van der Waals surface area contributed by atoms with Crippen molar-refractivity contribution in [3.8, 4) is 0 Å². The van der Waals surface area contributed by atoms with Crippen LogP contribution >= 0.6 is 0 Å². The molecular weight excluding hydrogens is 309 g/mol. The summed E-state index contributed by atoms with van der Waals surface area (Å²) < 4.78 is 22.8. The van der Waals surface area contributed by atoms with Gasteiger partial charge in [-0.3, -0.25) is 0 Å². The molecule has 1 amide bonds. The van der Waals surface area contributed by atoms with Crippen molar-refractivity contribution in [1.29, 1.82) is 0 Å². The molecule has 3 aliphatic rings. The number of carbonyl (C=O) groups is 1. The van der Waals surface area contributed by atoms with E-state index in [0.29, 0.717) is 13.2 Å². The SMILES string of the molecule is CC(C)(C)OC(=O)NCC1C=C2C=COCC3=C2B(O1)OC3(C)C.